The van der Waals surface area contributed by atoms with Gasteiger partial charge in [-0.3, -0.25) is 4.68 Å². The van der Waals surface area contributed by atoms with Gasteiger partial charge in [0, 0.05) is 12.2 Å². The first-order valence-corrected chi connectivity index (χ1v) is 7.27. The zero-order valence-electron chi connectivity index (χ0n) is 12.7. The minimum atomic E-state index is 0.726. The Morgan fingerprint density at radius 3 is 2.61 bits per heavy atom. The van der Waals surface area contributed by atoms with E-state index in [1.807, 2.05) is 0 Å². The van der Waals surface area contributed by atoms with E-state index in [2.05, 4.69) is 55.8 Å². The highest BCUT2D eigenvalue weighted by molar-refractivity contribution is 5.09. The van der Waals surface area contributed by atoms with Crippen molar-refractivity contribution in [2.75, 3.05) is 13.1 Å². The zero-order chi connectivity index (χ0) is 13.5. The van der Waals surface area contributed by atoms with Crippen molar-refractivity contribution >= 4 is 0 Å². The van der Waals surface area contributed by atoms with E-state index in [-0.39, 0.29) is 0 Å². The van der Waals surface area contributed by atoms with Crippen molar-refractivity contribution in [3.8, 4) is 0 Å². The summed E-state index contributed by atoms with van der Waals surface area (Å²) in [7, 11) is 0. The normalized spacial score (nSPS) is 13.2. The molecule has 104 valence electrons. The summed E-state index contributed by atoms with van der Waals surface area (Å²) in [6, 6.07) is 2.22. The Bertz CT molecular complexity index is 342. The lowest BCUT2D eigenvalue weighted by Crippen LogP contribution is -2.25. The van der Waals surface area contributed by atoms with Crippen LogP contribution in [0.5, 0.6) is 0 Å². The Morgan fingerprint density at radius 1 is 1.28 bits per heavy atom. The lowest BCUT2D eigenvalue weighted by atomic mass is 10.0. The molecule has 0 radical (unpaired) electrons. The molecule has 0 fully saturated rings. The summed E-state index contributed by atoms with van der Waals surface area (Å²) in [5, 5.41) is 8.03. The van der Waals surface area contributed by atoms with Crippen LogP contribution in [0.15, 0.2) is 6.07 Å². The molecule has 0 aliphatic heterocycles. The molecule has 0 amide bonds. The van der Waals surface area contributed by atoms with Gasteiger partial charge in [-0.2, -0.15) is 5.10 Å². The standard InChI is InChI=1S/C15H29N3/c1-6-18-15(9-14(5)17-18)8-7-13(4)11-16-10-12(2)3/h9,12-13,16H,6-8,10-11H2,1-5H3. The SMILES string of the molecule is CCn1nc(C)cc1CCC(C)CNCC(C)C. The molecule has 0 bridgehead atoms. The maximum Gasteiger partial charge on any atom is 0.0596 e. The number of nitrogens with zero attached hydrogens (tertiary/aromatic N) is 2. The van der Waals surface area contributed by atoms with Crippen LogP contribution in [0, 0.1) is 18.8 Å². The molecule has 1 unspecified atom stereocenters. The molecule has 1 heterocycles. The molecule has 0 saturated heterocycles. The van der Waals surface area contributed by atoms with E-state index < -0.39 is 0 Å². The van der Waals surface area contributed by atoms with Crippen LogP contribution in [0.3, 0.4) is 0 Å². The van der Waals surface area contributed by atoms with Crippen molar-refractivity contribution in [1.29, 1.82) is 0 Å². The largest absolute Gasteiger partial charge is 0.316 e. The smallest absolute Gasteiger partial charge is 0.0596 e. The minimum Gasteiger partial charge on any atom is -0.316 e. The Kier molecular flexibility index (Phi) is 6.41. The molecular formula is C15H29N3. The highest BCUT2D eigenvalue weighted by Crippen LogP contribution is 2.11. The highest BCUT2D eigenvalue weighted by Gasteiger charge is 2.07. The van der Waals surface area contributed by atoms with Crippen molar-refractivity contribution in [3.63, 3.8) is 0 Å². The van der Waals surface area contributed by atoms with Gasteiger partial charge >= 0.3 is 0 Å². The summed E-state index contributed by atoms with van der Waals surface area (Å²) >= 11 is 0. The van der Waals surface area contributed by atoms with E-state index >= 15 is 0 Å². The molecule has 1 rings (SSSR count). The first kappa shape index (κ1) is 15.2. The maximum atomic E-state index is 4.49. The van der Waals surface area contributed by atoms with Gasteiger partial charge < -0.3 is 5.32 Å². The molecule has 0 aromatic carbocycles. The summed E-state index contributed by atoms with van der Waals surface area (Å²) in [4.78, 5) is 0. The Labute approximate surface area is 112 Å². The zero-order valence-corrected chi connectivity index (χ0v) is 12.7. The lowest BCUT2D eigenvalue weighted by molar-refractivity contribution is 0.448. The summed E-state index contributed by atoms with van der Waals surface area (Å²) in [6.45, 7) is 14.3. The molecule has 1 atom stereocenters. The van der Waals surface area contributed by atoms with Gasteiger partial charge in [0.1, 0.15) is 0 Å². The minimum absolute atomic E-state index is 0.726. The number of nitrogens with one attached hydrogen (secondary N) is 1. The van der Waals surface area contributed by atoms with Crippen molar-refractivity contribution in [2.24, 2.45) is 11.8 Å². The van der Waals surface area contributed by atoms with E-state index in [1.165, 1.54) is 12.1 Å². The van der Waals surface area contributed by atoms with Crippen LogP contribution in [0.25, 0.3) is 0 Å². The topological polar surface area (TPSA) is 29.9 Å². The molecule has 1 N–H and O–H groups in total. The molecule has 1 aromatic rings. The summed E-state index contributed by atoms with van der Waals surface area (Å²) in [5.41, 5.74) is 2.52. The first-order valence-electron chi connectivity index (χ1n) is 7.27. The van der Waals surface area contributed by atoms with Gasteiger partial charge in [-0.05, 0) is 57.7 Å². The lowest BCUT2D eigenvalue weighted by Gasteiger charge is -2.14. The molecular weight excluding hydrogens is 222 g/mol. The number of rotatable bonds is 8. The fourth-order valence-corrected chi connectivity index (χ4v) is 2.19. The van der Waals surface area contributed by atoms with Crippen LogP contribution < -0.4 is 5.32 Å². The third-order valence-electron chi connectivity index (χ3n) is 3.22. The van der Waals surface area contributed by atoms with Gasteiger partial charge in [0.2, 0.25) is 0 Å². The van der Waals surface area contributed by atoms with E-state index in [4.69, 9.17) is 0 Å². The second kappa shape index (κ2) is 7.57. The van der Waals surface area contributed by atoms with E-state index in [1.54, 1.807) is 0 Å². The van der Waals surface area contributed by atoms with Gasteiger partial charge in [-0.1, -0.05) is 20.8 Å². The fraction of sp³-hybridized carbons (Fsp3) is 0.800. The quantitative estimate of drug-likeness (QED) is 0.769. The number of hydrogen-bond donors (Lipinski definition) is 1. The number of aryl methyl sites for hydroxylation is 3. The third-order valence-corrected chi connectivity index (χ3v) is 3.22. The molecule has 0 aliphatic carbocycles. The van der Waals surface area contributed by atoms with Crippen LogP contribution >= 0.6 is 0 Å². The number of aromatic nitrogens is 2. The van der Waals surface area contributed by atoms with Gasteiger partial charge in [0.05, 0.1) is 5.69 Å². The van der Waals surface area contributed by atoms with Gasteiger partial charge in [-0.15, -0.1) is 0 Å². The molecule has 0 spiro atoms. The van der Waals surface area contributed by atoms with Crippen LogP contribution in [-0.4, -0.2) is 22.9 Å². The van der Waals surface area contributed by atoms with E-state index in [9.17, 15) is 0 Å². The summed E-state index contributed by atoms with van der Waals surface area (Å²) < 4.78 is 2.13. The molecule has 3 nitrogen and oxygen atoms in total. The second-order valence-corrected chi connectivity index (χ2v) is 5.79. The molecule has 0 saturated carbocycles. The highest BCUT2D eigenvalue weighted by atomic mass is 15.3. The molecule has 3 heteroatoms. The van der Waals surface area contributed by atoms with Gasteiger partial charge in [0.15, 0.2) is 0 Å². The monoisotopic (exact) mass is 251 g/mol. The van der Waals surface area contributed by atoms with Crippen molar-refractivity contribution in [1.82, 2.24) is 15.1 Å². The Morgan fingerprint density at radius 2 is 2.00 bits per heavy atom. The molecule has 18 heavy (non-hydrogen) atoms. The van der Waals surface area contributed by atoms with Gasteiger partial charge in [-0.25, -0.2) is 0 Å². The van der Waals surface area contributed by atoms with Crippen LogP contribution in [0.4, 0.5) is 0 Å². The summed E-state index contributed by atoms with van der Waals surface area (Å²) in [5.74, 6) is 1.46. The molecule has 0 aliphatic rings. The Balaban J connectivity index is 2.30. The summed E-state index contributed by atoms with van der Waals surface area (Å²) in [6.07, 6.45) is 2.37. The maximum absolute atomic E-state index is 4.49. The fourth-order valence-electron chi connectivity index (χ4n) is 2.19. The number of hydrogen-bond acceptors (Lipinski definition) is 2. The average molecular weight is 251 g/mol. The van der Waals surface area contributed by atoms with Crippen molar-refractivity contribution < 1.29 is 0 Å². The van der Waals surface area contributed by atoms with Crippen LogP contribution in [0.2, 0.25) is 0 Å². The van der Waals surface area contributed by atoms with Crippen LogP contribution in [-0.2, 0) is 13.0 Å². The van der Waals surface area contributed by atoms with Crippen LogP contribution in [0.1, 0.15) is 45.5 Å². The predicted octanol–water partition coefficient (Wildman–Crippen LogP) is 3.03. The Hall–Kier alpha value is -0.830. The van der Waals surface area contributed by atoms with E-state index in [0.717, 1.165) is 43.6 Å². The average Bonchev–Trinajstić information content (AvgIpc) is 2.66. The predicted molar refractivity (Wildman–Crippen MR) is 77.8 cm³/mol. The molecule has 1 aromatic heterocycles. The van der Waals surface area contributed by atoms with Crippen molar-refractivity contribution in [3.05, 3.63) is 17.5 Å². The third kappa shape index (κ3) is 5.21. The first-order chi connectivity index (χ1) is 8.52. The van der Waals surface area contributed by atoms with E-state index in [0.29, 0.717) is 0 Å². The second-order valence-electron chi connectivity index (χ2n) is 5.79. The van der Waals surface area contributed by atoms with Gasteiger partial charge in [0.25, 0.3) is 0 Å². The van der Waals surface area contributed by atoms with Crippen molar-refractivity contribution in [2.45, 2.75) is 54.0 Å².